The molecule has 0 spiro atoms. The molecule has 1 aromatic rings. The van der Waals surface area contributed by atoms with Crippen molar-refractivity contribution in [3.8, 4) is 0 Å². The lowest BCUT2D eigenvalue weighted by Crippen LogP contribution is -2.37. The number of guanidine groups is 1. The van der Waals surface area contributed by atoms with E-state index in [0.717, 1.165) is 38.5 Å². The van der Waals surface area contributed by atoms with Gasteiger partial charge >= 0.3 is 0 Å². The van der Waals surface area contributed by atoms with Crippen LogP contribution in [0.25, 0.3) is 0 Å². The SMILES string of the molecule is CCc1ccccc1CNC(=NC)NCCCOC.I. The minimum absolute atomic E-state index is 0. The minimum Gasteiger partial charge on any atom is -0.385 e. The summed E-state index contributed by atoms with van der Waals surface area (Å²) in [4.78, 5) is 4.21. The molecular weight excluding hydrogens is 365 g/mol. The van der Waals surface area contributed by atoms with Crippen molar-refractivity contribution in [1.29, 1.82) is 0 Å². The summed E-state index contributed by atoms with van der Waals surface area (Å²) in [5.41, 5.74) is 2.70. The van der Waals surface area contributed by atoms with E-state index >= 15 is 0 Å². The summed E-state index contributed by atoms with van der Waals surface area (Å²) in [5.74, 6) is 0.835. The maximum absolute atomic E-state index is 5.02. The largest absolute Gasteiger partial charge is 0.385 e. The second-order valence-electron chi connectivity index (χ2n) is 4.32. The number of methoxy groups -OCH3 is 1. The number of rotatable bonds is 7. The Morgan fingerprint density at radius 2 is 1.90 bits per heavy atom. The fourth-order valence-electron chi connectivity index (χ4n) is 1.90. The van der Waals surface area contributed by atoms with Gasteiger partial charge in [-0.15, -0.1) is 24.0 Å². The van der Waals surface area contributed by atoms with Gasteiger partial charge < -0.3 is 15.4 Å². The van der Waals surface area contributed by atoms with Gasteiger partial charge in [0.2, 0.25) is 0 Å². The molecule has 0 aromatic heterocycles. The quantitative estimate of drug-likeness (QED) is 0.325. The highest BCUT2D eigenvalue weighted by molar-refractivity contribution is 14.0. The van der Waals surface area contributed by atoms with Crippen LogP contribution in [-0.4, -0.2) is 33.3 Å². The fraction of sp³-hybridized carbons (Fsp3) is 0.533. The highest BCUT2D eigenvalue weighted by atomic mass is 127. The Morgan fingerprint density at radius 3 is 2.50 bits per heavy atom. The van der Waals surface area contributed by atoms with Gasteiger partial charge in [-0.2, -0.15) is 0 Å². The number of aryl methyl sites for hydroxylation is 1. The Hall–Kier alpha value is -0.820. The van der Waals surface area contributed by atoms with Gasteiger partial charge in [0.05, 0.1) is 0 Å². The molecule has 0 unspecified atom stereocenters. The monoisotopic (exact) mass is 391 g/mol. The number of nitrogens with one attached hydrogen (secondary N) is 2. The molecule has 0 atom stereocenters. The Kier molecular flexibility index (Phi) is 11.5. The van der Waals surface area contributed by atoms with Crippen molar-refractivity contribution in [2.75, 3.05) is 27.3 Å². The second-order valence-corrected chi connectivity index (χ2v) is 4.32. The van der Waals surface area contributed by atoms with Crippen molar-refractivity contribution >= 4 is 29.9 Å². The minimum atomic E-state index is 0. The number of nitrogens with zero attached hydrogens (tertiary/aromatic N) is 1. The standard InChI is InChI=1S/C15H25N3O.HI/c1-4-13-8-5-6-9-14(13)12-18-15(16-2)17-10-7-11-19-3;/h5-6,8-9H,4,7,10-12H2,1-3H3,(H2,16,17,18);1H. The topological polar surface area (TPSA) is 45.7 Å². The molecule has 20 heavy (non-hydrogen) atoms. The van der Waals surface area contributed by atoms with Gasteiger partial charge in [0, 0.05) is 33.9 Å². The first-order valence-electron chi connectivity index (χ1n) is 6.82. The van der Waals surface area contributed by atoms with E-state index in [1.165, 1.54) is 11.1 Å². The van der Waals surface area contributed by atoms with Crippen LogP contribution in [0.5, 0.6) is 0 Å². The van der Waals surface area contributed by atoms with Gasteiger partial charge in [-0.05, 0) is 24.0 Å². The number of hydrogen-bond acceptors (Lipinski definition) is 2. The van der Waals surface area contributed by atoms with Crippen molar-refractivity contribution in [2.24, 2.45) is 4.99 Å². The van der Waals surface area contributed by atoms with Crippen LogP contribution in [0.4, 0.5) is 0 Å². The summed E-state index contributed by atoms with van der Waals surface area (Å²) < 4.78 is 5.02. The van der Waals surface area contributed by atoms with Crippen molar-refractivity contribution in [3.05, 3.63) is 35.4 Å². The van der Waals surface area contributed by atoms with Gasteiger partial charge in [0.25, 0.3) is 0 Å². The Morgan fingerprint density at radius 1 is 1.20 bits per heavy atom. The predicted octanol–water partition coefficient (Wildman–Crippen LogP) is 2.57. The van der Waals surface area contributed by atoms with Gasteiger partial charge in [0.1, 0.15) is 0 Å². The lowest BCUT2D eigenvalue weighted by atomic mass is 10.1. The van der Waals surface area contributed by atoms with Crippen LogP contribution in [0.1, 0.15) is 24.5 Å². The number of halogens is 1. The molecule has 1 aromatic carbocycles. The zero-order valence-electron chi connectivity index (χ0n) is 12.6. The van der Waals surface area contributed by atoms with E-state index in [0.29, 0.717) is 0 Å². The lowest BCUT2D eigenvalue weighted by molar-refractivity contribution is 0.195. The summed E-state index contributed by atoms with van der Waals surface area (Å²) >= 11 is 0. The van der Waals surface area contributed by atoms with E-state index in [1.54, 1.807) is 14.2 Å². The van der Waals surface area contributed by atoms with E-state index in [-0.39, 0.29) is 24.0 Å². The zero-order valence-corrected chi connectivity index (χ0v) is 14.9. The third-order valence-corrected chi connectivity index (χ3v) is 2.99. The third-order valence-electron chi connectivity index (χ3n) is 2.99. The summed E-state index contributed by atoms with van der Waals surface area (Å²) in [5, 5.41) is 6.61. The van der Waals surface area contributed by atoms with Crippen LogP contribution >= 0.6 is 24.0 Å². The molecule has 0 aliphatic heterocycles. The maximum Gasteiger partial charge on any atom is 0.191 e. The molecule has 0 aliphatic rings. The van der Waals surface area contributed by atoms with Gasteiger partial charge in [0.15, 0.2) is 5.96 Å². The van der Waals surface area contributed by atoms with Crippen LogP contribution in [0, 0.1) is 0 Å². The molecule has 0 radical (unpaired) electrons. The second kappa shape index (κ2) is 12.0. The number of hydrogen-bond donors (Lipinski definition) is 2. The number of aliphatic imine (C=N–C) groups is 1. The van der Waals surface area contributed by atoms with E-state index in [9.17, 15) is 0 Å². The molecule has 0 fully saturated rings. The molecule has 114 valence electrons. The summed E-state index contributed by atoms with van der Waals surface area (Å²) in [7, 11) is 3.51. The molecule has 1 rings (SSSR count). The molecular formula is C15H26IN3O. The maximum atomic E-state index is 5.02. The summed E-state index contributed by atoms with van der Waals surface area (Å²) in [6, 6.07) is 8.49. The highest BCUT2D eigenvalue weighted by Crippen LogP contribution is 2.08. The smallest absolute Gasteiger partial charge is 0.191 e. The van der Waals surface area contributed by atoms with E-state index < -0.39 is 0 Å². The lowest BCUT2D eigenvalue weighted by Gasteiger charge is -2.13. The van der Waals surface area contributed by atoms with Gasteiger partial charge in [-0.3, -0.25) is 4.99 Å². The Labute approximate surface area is 139 Å². The van der Waals surface area contributed by atoms with Crippen LogP contribution in [0.2, 0.25) is 0 Å². The average molecular weight is 391 g/mol. The summed E-state index contributed by atoms with van der Waals surface area (Å²) in [6.07, 6.45) is 2.03. The molecule has 0 aliphatic carbocycles. The van der Waals surface area contributed by atoms with Crippen molar-refractivity contribution < 1.29 is 4.74 Å². The van der Waals surface area contributed by atoms with Gasteiger partial charge in [-0.25, -0.2) is 0 Å². The molecule has 4 nitrogen and oxygen atoms in total. The summed E-state index contributed by atoms with van der Waals surface area (Å²) in [6.45, 7) is 4.61. The van der Waals surface area contributed by atoms with E-state index in [4.69, 9.17) is 4.74 Å². The first-order chi connectivity index (χ1) is 9.31. The van der Waals surface area contributed by atoms with Crippen molar-refractivity contribution in [2.45, 2.75) is 26.3 Å². The van der Waals surface area contributed by atoms with Gasteiger partial charge in [-0.1, -0.05) is 31.2 Å². The van der Waals surface area contributed by atoms with Crippen molar-refractivity contribution in [3.63, 3.8) is 0 Å². The zero-order chi connectivity index (χ0) is 13.9. The molecule has 0 amide bonds. The first kappa shape index (κ1) is 19.2. The average Bonchev–Trinajstić information content (AvgIpc) is 2.47. The van der Waals surface area contributed by atoms with Crippen molar-refractivity contribution in [1.82, 2.24) is 10.6 Å². The number of benzene rings is 1. The van der Waals surface area contributed by atoms with E-state index in [1.807, 2.05) is 0 Å². The van der Waals surface area contributed by atoms with Crippen LogP contribution in [-0.2, 0) is 17.7 Å². The van der Waals surface area contributed by atoms with Crippen LogP contribution < -0.4 is 10.6 Å². The molecule has 0 saturated carbocycles. The molecule has 5 heteroatoms. The Balaban J connectivity index is 0.00000361. The normalized spacial score (nSPS) is 10.8. The number of ether oxygens (including phenoxy) is 1. The fourth-order valence-corrected chi connectivity index (χ4v) is 1.90. The Bertz CT molecular complexity index is 396. The highest BCUT2D eigenvalue weighted by Gasteiger charge is 2.01. The molecule has 0 bridgehead atoms. The van der Waals surface area contributed by atoms with Crippen LogP contribution in [0.3, 0.4) is 0 Å². The van der Waals surface area contributed by atoms with Crippen LogP contribution in [0.15, 0.2) is 29.3 Å². The van der Waals surface area contributed by atoms with E-state index in [2.05, 4.69) is 46.8 Å². The molecule has 0 saturated heterocycles. The predicted molar refractivity (Wildman–Crippen MR) is 95.9 cm³/mol. The molecule has 0 heterocycles. The molecule has 2 N–H and O–H groups in total. The first-order valence-corrected chi connectivity index (χ1v) is 6.82. The third kappa shape index (κ3) is 7.09.